The number of hydrogen-bond acceptors (Lipinski definition) is 5. The molecule has 0 unspecified atom stereocenters. The number of aromatic nitrogens is 2. The van der Waals surface area contributed by atoms with Gasteiger partial charge in [-0.15, -0.1) is 0 Å². The highest BCUT2D eigenvalue weighted by atomic mass is 35.5. The Bertz CT molecular complexity index is 368. The van der Waals surface area contributed by atoms with Crippen molar-refractivity contribution in [3.05, 3.63) is 11.2 Å². The average Bonchev–Trinajstić information content (AvgIpc) is 2.44. The van der Waals surface area contributed by atoms with E-state index >= 15 is 0 Å². The molecule has 5 nitrogen and oxygen atoms in total. The van der Waals surface area contributed by atoms with Gasteiger partial charge in [-0.2, -0.15) is 4.98 Å². The molecule has 1 aromatic heterocycles. The molecule has 0 atom stereocenters. The summed E-state index contributed by atoms with van der Waals surface area (Å²) in [6.07, 6.45) is 2.67. The Morgan fingerprint density at radius 1 is 1.16 bits per heavy atom. The van der Waals surface area contributed by atoms with Crippen LogP contribution in [-0.4, -0.2) is 47.6 Å². The lowest BCUT2D eigenvalue weighted by molar-refractivity contribution is 0.316. The summed E-state index contributed by atoms with van der Waals surface area (Å²) in [5.74, 6) is 1.32. The van der Waals surface area contributed by atoms with Crippen LogP contribution in [0.1, 0.15) is 27.2 Å². The molecular formula is C13H24ClN5. The van der Waals surface area contributed by atoms with E-state index < -0.39 is 0 Å². The van der Waals surface area contributed by atoms with Crippen molar-refractivity contribution in [3.63, 3.8) is 0 Å². The molecule has 0 fully saturated rings. The predicted molar refractivity (Wildman–Crippen MR) is 82.1 cm³/mol. The zero-order valence-electron chi connectivity index (χ0n) is 12.0. The molecule has 1 rings (SSSR count). The molecule has 19 heavy (non-hydrogen) atoms. The smallest absolute Gasteiger partial charge is 0.224 e. The van der Waals surface area contributed by atoms with Crippen LogP contribution in [0.15, 0.2) is 6.20 Å². The van der Waals surface area contributed by atoms with Crippen LogP contribution in [0, 0.1) is 0 Å². The number of nitrogens with zero attached hydrogens (tertiary/aromatic N) is 3. The van der Waals surface area contributed by atoms with Gasteiger partial charge in [-0.3, -0.25) is 0 Å². The first kappa shape index (κ1) is 16.0. The summed E-state index contributed by atoms with van der Waals surface area (Å²) < 4.78 is 0. The topological polar surface area (TPSA) is 53.1 Å². The van der Waals surface area contributed by atoms with Gasteiger partial charge in [0.1, 0.15) is 5.02 Å². The van der Waals surface area contributed by atoms with Crippen LogP contribution in [0.2, 0.25) is 5.02 Å². The highest BCUT2D eigenvalue weighted by molar-refractivity contribution is 6.32. The Morgan fingerprint density at radius 2 is 1.89 bits per heavy atom. The van der Waals surface area contributed by atoms with E-state index in [1.54, 1.807) is 6.20 Å². The van der Waals surface area contributed by atoms with Crippen LogP contribution in [0.4, 0.5) is 11.8 Å². The molecule has 1 heterocycles. The lowest BCUT2D eigenvalue weighted by Crippen LogP contribution is -2.28. The standard InChI is InChI=1S/C13H24ClN5/c1-4-7-16-13-17-10-11(14)12(18-13)15-8-9-19(5-2)6-3/h10H,4-9H2,1-3H3,(H2,15,16,17,18). The Morgan fingerprint density at radius 3 is 2.53 bits per heavy atom. The Labute approximate surface area is 120 Å². The van der Waals surface area contributed by atoms with Gasteiger partial charge < -0.3 is 15.5 Å². The van der Waals surface area contributed by atoms with E-state index in [9.17, 15) is 0 Å². The van der Waals surface area contributed by atoms with Gasteiger partial charge in [0.05, 0.1) is 6.20 Å². The maximum Gasteiger partial charge on any atom is 0.224 e. The third-order valence-corrected chi connectivity index (χ3v) is 3.17. The molecule has 0 bridgehead atoms. The summed E-state index contributed by atoms with van der Waals surface area (Å²) in [7, 11) is 0. The van der Waals surface area contributed by atoms with E-state index in [-0.39, 0.29) is 0 Å². The van der Waals surface area contributed by atoms with Gasteiger partial charge in [-0.1, -0.05) is 32.4 Å². The first-order valence-electron chi connectivity index (χ1n) is 6.93. The Hall–Kier alpha value is -1.07. The SMILES string of the molecule is CCCNc1ncc(Cl)c(NCCN(CC)CC)n1. The van der Waals surface area contributed by atoms with Crippen molar-refractivity contribution in [1.82, 2.24) is 14.9 Å². The number of nitrogens with one attached hydrogen (secondary N) is 2. The molecule has 1 aromatic rings. The molecule has 0 radical (unpaired) electrons. The summed E-state index contributed by atoms with van der Waals surface area (Å²) >= 11 is 6.08. The summed E-state index contributed by atoms with van der Waals surface area (Å²) in [5, 5.41) is 6.97. The number of anilines is 2. The van der Waals surface area contributed by atoms with Gasteiger partial charge in [-0.05, 0) is 19.5 Å². The summed E-state index contributed by atoms with van der Waals surface area (Å²) in [6, 6.07) is 0. The van der Waals surface area contributed by atoms with E-state index in [1.165, 1.54) is 0 Å². The number of halogens is 1. The molecule has 0 spiro atoms. The van der Waals surface area contributed by atoms with Gasteiger partial charge in [-0.25, -0.2) is 4.98 Å². The molecule has 0 aliphatic heterocycles. The van der Waals surface area contributed by atoms with Gasteiger partial charge >= 0.3 is 0 Å². The first-order valence-corrected chi connectivity index (χ1v) is 7.31. The lowest BCUT2D eigenvalue weighted by atomic mass is 10.4. The monoisotopic (exact) mass is 285 g/mol. The van der Waals surface area contributed by atoms with E-state index in [1.807, 2.05) is 0 Å². The minimum absolute atomic E-state index is 0.557. The van der Waals surface area contributed by atoms with Crippen molar-refractivity contribution in [3.8, 4) is 0 Å². The van der Waals surface area contributed by atoms with Crippen LogP contribution in [0.25, 0.3) is 0 Å². The largest absolute Gasteiger partial charge is 0.367 e. The van der Waals surface area contributed by atoms with Crippen molar-refractivity contribution in [1.29, 1.82) is 0 Å². The zero-order chi connectivity index (χ0) is 14.1. The molecule has 0 saturated carbocycles. The van der Waals surface area contributed by atoms with Crippen molar-refractivity contribution < 1.29 is 0 Å². The second-order valence-electron chi connectivity index (χ2n) is 4.27. The van der Waals surface area contributed by atoms with Crippen LogP contribution in [0.5, 0.6) is 0 Å². The van der Waals surface area contributed by atoms with Gasteiger partial charge in [0.25, 0.3) is 0 Å². The van der Waals surface area contributed by atoms with Crippen LogP contribution in [-0.2, 0) is 0 Å². The van der Waals surface area contributed by atoms with Crippen LogP contribution < -0.4 is 10.6 Å². The Kier molecular flexibility index (Phi) is 7.52. The molecule has 0 aliphatic carbocycles. The third kappa shape index (κ3) is 5.61. The molecule has 0 amide bonds. The fourth-order valence-corrected chi connectivity index (χ4v) is 1.84. The van der Waals surface area contributed by atoms with Crippen LogP contribution >= 0.6 is 11.6 Å². The number of likely N-dealkylation sites (N-methyl/N-ethyl adjacent to an activating group) is 1. The summed E-state index contributed by atoms with van der Waals surface area (Å²) in [5.41, 5.74) is 0. The Balaban J connectivity index is 2.51. The maximum absolute atomic E-state index is 6.08. The van der Waals surface area contributed by atoms with Crippen molar-refractivity contribution in [2.24, 2.45) is 0 Å². The highest BCUT2D eigenvalue weighted by Crippen LogP contribution is 2.18. The second-order valence-corrected chi connectivity index (χ2v) is 4.68. The average molecular weight is 286 g/mol. The molecule has 0 saturated heterocycles. The van der Waals surface area contributed by atoms with E-state index in [4.69, 9.17) is 11.6 Å². The minimum atomic E-state index is 0.557. The number of rotatable bonds is 9. The molecule has 6 heteroatoms. The van der Waals surface area contributed by atoms with Crippen molar-refractivity contribution >= 4 is 23.4 Å². The fraction of sp³-hybridized carbons (Fsp3) is 0.692. The van der Waals surface area contributed by atoms with E-state index in [0.717, 1.165) is 39.1 Å². The normalized spacial score (nSPS) is 10.8. The molecule has 0 aliphatic rings. The van der Waals surface area contributed by atoms with Crippen molar-refractivity contribution in [2.75, 3.05) is 43.4 Å². The van der Waals surface area contributed by atoms with Crippen LogP contribution in [0.3, 0.4) is 0 Å². The summed E-state index contributed by atoms with van der Waals surface area (Å²) in [6.45, 7) is 11.2. The number of hydrogen-bond donors (Lipinski definition) is 2. The molecule has 108 valence electrons. The van der Waals surface area contributed by atoms with Gasteiger partial charge in [0.15, 0.2) is 5.82 Å². The second kappa shape index (κ2) is 8.93. The van der Waals surface area contributed by atoms with Gasteiger partial charge in [0.2, 0.25) is 5.95 Å². The van der Waals surface area contributed by atoms with E-state index in [0.29, 0.717) is 16.8 Å². The minimum Gasteiger partial charge on any atom is -0.367 e. The van der Waals surface area contributed by atoms with Gasteiger partial charge in [0, 0.05) is 19.6 Å². The first-order chi connectivity index (χ1) is 9.21. The molecule has 2 N–H and O–H groups in total. The maximum atomic E-state index is 6.08. The lowest BCUT2D eigenvalue weighted by Gasteiger charge is -2.18. The molecule has 0 aromatic carbocycles. The third-order valence-electron chi connectivity index (χ3n) is 2.89. The quantitative estimate of drug-likeness (QED) is 0.731. The predicted octanol–water partition coefficient (Wildman–Crippen LogP) is 2.71. The summed E-state index contributed by atoms with van der Waals surface area (Å²) in [4.78, 5) is 10.9. The van der Waals surface area contributed by atoms with E-state index in [2.05, 4.69) is 46.3 Å². The van der Waals surface area contributed by atoms with Crippen molar-refractivity contribution in [2.45, 2.75) is 27.2 Å². The molecular weight excluding hydrogens is 262 g/mol. The highest BCUT2D eigenvalue weighted by Gasteiger charge is 2.05. The fourth-order valence-electron chi connectivity index (χ4n) is 1.69. The zero-order valence-corrected chi connectivity index (χ0v) is 12.8.